The predicted octanol–water partition coefficient (Wildman–Crippen LogP) is 0.519. The minimum atomic E-state index is 0. The van der Waals surface area contributed by atoms with Crippen LogP contribution in [0, 0.1) is 0 Å². The molecular formula is C42H52Cl2N4O6S2. The number of hydrogen-bond donors (Lipinski definition) is 2. The van der Waals surface area contributed by atoms with Crippen molar-refractivity contribution in [2.24, 2.45) is 0 Å². The molecule has 2 N–H and O–H groups in total. The van der Waals surface area contributed by atoms with E-state index >= 15 is 0 Å². The van der Waals surface area contributed by atoms with Crippen molar-refractivity contribution in [1.29, 1.82) is 0 Å². The molecule has 56 heavy (non-hydrogen) atoms. The maximum absolute atomic E-state index is 12.3. The molecule has 0 spiro atoms. The van der Waals surface area contributed by atoms with Crippen LogP contribution in [0.1, 0.15) is 47.9 Å². The Morgan fingerprint density at radius 2 is 0.893 bits per heavy atom. The molecule has 2 amide bonds. The van der Waals surface area contributed by atoms with Gasteiger partial charge in [0.05, 0.1) is 28.4 Å². The Kier molecular flexibility index (Phi) is 23.3. The molecule has 2 heterocycles. The molecule has 0 radical (unpaired) electrons. The number of aryl methyl sites for hydroxylation is 2. The standard InChI is InChI=1S/C42H50N4O6S2.2ClH/c1-49-37-15-13-35(31-39(37)51-3)11-9-33-17-25-45(26-18-33)23-5-7-41(47)43-21-29-53-54-30-22-44-42(48)8-6-24-46-27-19-34(20-28-46)10-12-36-14-16-38(50-2)40(32-36)52-4;;/h9-20,25-28,31-32H,5-8,21-24,29-30H2,1-4H3;2*1H/b11-9+,12-10+;;. The third-order valence-corrected chi connectivity index (χ3v) is 10.7. The monoisotopic (exact) mass is 842 g/mol. The van der Waals surface area contributed by atoms with Gasteiger partial charge in [-0.1, -0.05) is 58.0 Å². The van der Waals surface area contributed by atoms with Gasteiger partial charge in [0.2, 0.25) is 11.8 Å². The molecule has 2 aromatic carbocycles. The fraction of sp³-hybridized carbons (Fsp3) is 0.333. The van der Waals surface area contributed by atoms with E-state index in [1.54, 1.807) is 50.0 Å². The summed E-state index contributed by atoms with van der Waals surface area (Å²) in [6.45, 7) is 2.81. The summed E-state index contributed by atoms with van der Waals surface area (Å²) in [5.74, 6) is 4.58. The highest BCUT2D eigenvalue weighted by atomic mass is 35.5. The Hall–Kier alpha value is -4.36. The summed E-state index contributed by atoms with van der Waals surface area (Å²) in [6, 6.07) is 19.9. The first-order chi connectivity index (χ1) is 26.4. The van der Waals surface area contributed by atoms with Gasteiger partial charge in [-0.25, -0.2) is 9.13 Å². The lowest BCUT2D eigenvalue weighted by molar-refractivity contribution is -0.697. The summed E-state index contributed by atoms with van der Waals surface area (Å²) in [4.78, 5) is 24.6. The number of ether oxygens (including phenoxy) is 4. The molecule has 10 nitrogen and oxygen atoms in total. The van der Waals surface area contributed by atoms with Gasteiger partial charge in [0.1, 0.15) is 13.1 Å². The van der Waals surface area contributed by atoms with E-state index in [1.165, 1.54) is 0 Å². The zero-order valence-electron chi connectivity index (χ0n) is 32.4. The minimum Gasteiger partial charge on any atom is -1.00 e. The van der Waals surface area contributed by atoms with E-state index in [9.17, 15) is 9.59 Å². The molecular weight excluding hydrogens is 792 g/mol. The molecule has 0 saturated heterocycles. The first-order valence-corrected chi connectivity index (χ1v) is 20.5. The second-order valence-electron chi connectivity index (χ2n) is 12.2. The van der Waals surface area contributed by atoms with E-state index in [-0.39, 0.29) is 36.6 Å². The summed E-state index contributed by atoms with van der Waals surface area (Å²) in [6.07, 6.45) is 18.8. The van der Waals surface area contributed by atoms with Crippen LogP contribution in [0.25, 0.3) is 24.3 Å². The largest absolute Gasteiger partial charge is 1.00 e. The van der Waals surface area contributed by atoms with Crippen molar-refractivity contribution >= 4 is 57.7 Å². The normalized spacial score (nSPS) is 10.7. The molecule has 0 saturated carbocycles. The number of methoxy groups -OCH3 is 4. The Bertz CT molecular complexity index is 1700. The lowest BCUT2D eigenvalue weighted by atomic mass is 10.1. The average Bonchev–Trinajstić information content (AvgIpc) is 3.20. The van der Waals surface area contributed by atoms with Gasteiger partial charge in [0.25, 0.3) is 0 Å². The van der Waals surface area contributed by atoms with Crippen LogP contribution in [0.4, 0.5) is 0 Å². The molecule has 14 heteroatoms. The summed E-state index contributed by atoms with van der Waals surface area (Å²) < 4.78 is 25.5. The average molecular weight is 844 g/mol. The fourth-order valence-corrected chi connectivity index (χ4v) is 7.17. The molecule has 4 aromatic rings. The maximum atomic E-state index is 12.3. The van der Waals surface area contributed by atoms with E-state index in [2.05, 4.69) is 56.2 Å². The van der Waals surface area contributed by atoms with Crippen LogP contribution in [-0.2, 0) is 22.7 Å². The Labute approximate surface area is 351 Å². The third-order valence-electron chi connectivity index (χ3n) is 8.32. The van der Waals surface area contributed by atoms with E-state index in [0.717, 1.165) is 59.7 Å². The first kappa shape index (κ1) is 47.8. The van der Waals surface area contributed by atoms with Crippen LogP contribution in [0.15, 0.2) is 85.5 Å². The fourth-order valence-electron chi connectivity index (χ4n) is 5.36. The van der Waals surface area contributed by atoms with Crippen molar-refractivity contribution in [3.05, 3.63) is 108 Å². The predicted molar refractivity (Wildman–Crippen MR) is 220 cm³/mol. The highest BCUT2D eigenvalue weighted by molar-refractivity contribution is 8.76. The number of hydrogen-bond acceptors (Lipinski definition) is 8. The van der Waals surface area contributed by atoms with Gasteiger partial charge in [0, 0.05) is 74.5 Å². The summed E-state index contributed by atoms with van der Waals surface area (Å²) >= 11 is 0. The summed E-state index contributed by atoms with van der Waals surface area (Å²) in [5.41, 5.74) is 4.22. The minimum absolute atomic E-state index is 0. The second-order valence-corrected chi connectivity index (χ2v) is 14.9. The van der Waals surface area contributed by atoms with E-state index < -0.39 is 0 Å². The molecule has 0 aliphatic heterocycles. The van der Waals surface area contributed by atoms with Crippen molar-refractivity contribution in [1.82, 2.24) is 10.6 Å². The molecule has 302 valence electrons. The zero-order chi connectivity index (χ0) is 38.4. The number of pyridine rings is 2. The van der Waals surface area contributed by atoms with Gasteiger partial charge in [-0.15, -0.1) is 0 Å². The van der Waals surface area contributed by atoms with Crippen LogP contribution in [0.5, 0.6) is 23.0 Å². The number of halogens is 2. The second kappa shape index (κ2) is 27.3. The van der Waals surface area contributed by atoms with Crippen molar-refractivity contribution < 1.29 is 62.5 Å². The van der Waals surface area contributed by atoms with Gasteiger partial charge in [-0.05, 0) is 46.5 Å². The molecule has 0 aliphatic rings. The Balaban J connectivity index is 0.00000541. The van der Waals surface area contributed by atoms with Crippen molar-refractivity contribution in [2.45, 2.75) is 38.8 Å². The Morgan fingerprint density at radius 1 is 0.536 bits per heavy atom. The zero-order valence-corrected chi connectivity index (χ0v) is 35.5. The van der Waals surface area contributed by atoms with Crippen LogP contribution in [-0.4, -0.2) is 64.8 Å². The third kappa shape index (κ3) is 17.2. The van der Waals surface area contributed by atoms with E-state index in [0.29, 0.717) is 48.9 Å². The number of carbonyl (C=O) groups is 2. The molecule has 0 fully saturated rings. The lowest BCUT2D eigenvalue weighted by Crippen LogP contribution is -3.00. The quantitative estimate of drug-likeness (QED) is 0.0634. The SMILES string of the molecule is COc1ccc(/C=C/c2cc[n+](CCCC(=O)NCCSSCCNC(=O)CCC[n+]3ccc(/C=C/c4ccc(OC)c(OC)c4)cc3)cc2)cc1OC.[Cl-].[Cl-]. The molecule has 2 aromatic heterocycles. The van der Waals surface area contributed by atoms with Crippen molar-refractivity contribution in [3.8, 4) is 23.0 Å². The summed E-state index contributed by atoms with van der Waals surface area (Å²) in [7, 11) is 9.92. The number of amides is 2. The molecule has 0 bridgehead atoms. The van der Waals surface area contributed by atoms with Crippen molar-refractivity contribution in [3.63, 3.8) is 0 Å². The van der Waals surface area contributed by atoms with E-state index in [4.69, 9.17) is 18.9 Å². The topological polar surface area (TPSA) is 103 Å². The molecule has 0 atom stereocenters. The van der Waals surface area contributed by atoms with Gasteiger partial charge in [-0.3, -0.25) is 9.59 Å². The Morgan fingerprint density at radius 3 is 1.25 bits per heavy atom. The highest BCUT2D eigenvalue weighted by Crippen LogP contribution is 2.29. The van der Waals surface area contributed by atoms with Crippen LogP contribution in [0.3, 0.4) is 0 Å². The lowest BCUT2D eigenvalue weighted by Gasteiger charge is -2.07. The number of nitrogens with zero attached hydrogens (tertiary/aromatic N) is 2. The number of rotatable bonds is 23. The smallest absolute Gasteiger partial charge is 0.220 e. The number of nitrogens with one attached hydrogen (secondary N) is 2. The van der Waals surface area contributed by atoms with Crippen molar-refractivity contribution in [2.75, 3.05) is 53.0 Å². The van der Waals surface area contributed by atoms with Gasteiger partial charge < -0.3 is 54.4 Å². The number of benzene rings is 2. The molecule has 0 unspecified atom stereocenters. The first-order valence-electron chi connectivity index (χ1n) is 18.0. The van der Waals surface area contributed by atoms with Gasteiger partial charge >= 0.3 is 0 Å². The highest BCUT2D eigenvalue weighted by Gasteiger charge is 2.08. The van der Waals surface area contributed by atoms with Gasteiger partial charge in [-0.2, -0.15) is 0 Å². The van der Waals surface area contributed by atoms with E-state index in [1.807, 2.05) is 73.3 Å². The van der Waals surface area contributed by atoms with Gasteiger partial charge in [0.15, 0.2) is 47.8 Å². The molecule has 0 aliphatic carbocycles. The maximum Gasteiger partial charge on any atom is 0.220 e. The summed E-state index contributed by atoms with van der Waals surface area (Å²) in [5, 5.41) is 6.01. The molecule has 4 rings (SSSR count). The van der Waals surface area contributed by atoms with Crippen LogP contribution >= 0.6 is 21.6 Å². The number of aromatic nitrogens is 2. The number of carbonyl (C=O) groups excluding carboxylic acids is 2. The van der Waals surface area contributed by atoms with Crippen LogP contribution < -0.4 is 63.5 Å². The van der Waals surface area contributed by atoms with Crippen LogP contribution in [0.2, 0.25) is 0 Å².